The van der Waals surface area contributed by atoms with Gasteiger partial charge in [0.15, 0.2) is 0 Å². The second kappa shape index (κ2) is 10.9. The maximum Gasteiger partial charge on any atom is 0.000811 e. The molecule has 0 unspecified atom stereocenters. The Morgan fingerprint density at radius 1 is 0.438 bits per heavy atom. The molecule has 8 rings (SSSR count). The lowest BCUT2D eigenvalue weighted by Crippen LogP contribution is -2.50. The van der Waals surface area contributed by atoms with Gasteiger partial charge in [-0.05, 0) is 149 Å². The van der Waals surface area contributed by atoms with Gasteiger partial charge in [-0.3, -0.25) is 0 Å². The van der Waals surface area contributed by atoms with Crippen molar-refractivity contribution in [2.75, 3.05) is 26.2 Å². The van der Waals surface area contributed by atoms with Gasteiger partial charge in [-0.25, -0.2) is 0 Å². The molecule has 0 amide bonds. The van der Waals surface area contributed by atoms with Crippen molar-refractivity contribution in [3.8, 4) is 0 Å². The minimum atomic E-state index is 0. The van der Waals surface area contributed by atoms with Crippen LogP contribution in [0, 0.1) is 46.3 Å². The van der Waals surface area contributed by atoms with E-state index in [4.69, 9.17) is 0 Å². The maximum absolute atomic E-state index is 3.90. The van der Waals surface area contributed by atoms with Crippen LogP contribution in [0.25, 0.3) is 0 Å². The first-order valence-electron chi connectivity index (χ1n) is 14.1. The fraction of sp³-hybridized carbons (Fsp3) is 1.00. The zero-order valence-corrected chi connectivity index (χ0v) is 23.8. The molecule has 4 heteroatoms. The number of rotatable bonds is 11. The monoisotopic (exact) mass is 572 g/mol. The van der Waals surface area contributed by atoms with Crippen molar-refractivity contribution >= 4 is 34.0 Å². The second-order valence-electron chi connectivity index (χ2n) is 13.6. The van der Waals surface area contributed by atoms with Crippen LogP contribution in [0.4, 0.5) is 0 Å². The second-order valence-corrected chi connectivity index (χ2v) is 13.6. The molecule has 0 aromatic carbocycles. The predicted octanol–water partition coefficient (Wildman–Crippen LogP) is 7.31. The minimum Gasteiger partial charge on any atom is -0.316 e. The van der Waals surface area contributed by atoms with Gasteiger partial charge in [-0.15, -0.1) is 34.0 Å². The summed E-state index contributed by atoms with van der Waals surface area (Å²) in [5, 5.41) is 7.81. The van der Waals surface area contributed by atoms with Crippen molar-refractivity contribution in [2.24, 2.45) is 46.3 Å². The highest BCUT2D eigenvalue weighted by molar-refractivity contribution is 8.93. The zero-order valence-electron chi connectivity index (χ0n) is 20.4. The van der Waals surface area contributed by atoms with E-state index in [1.807, 2.05) is 0 Å². The van der Waals surface area contributed by atoms with E-state index >= 15 is 0 Å². The van der Waals surface area contributed by atoms with Crippen LogP contribution in [-0.2, 0) is 0 Å². The van der Waals surface area contributed by atoms with Crippen molar-refractivity contribution < 1.29 is 0 Å². The maximum atomic E-state index is 3.90. The summed E-state index contributed by atoms with van der Waals surface area (Å²) in [6.07, 6.45) is 24.4. The standard InChI is InChI=1S/C28H48N2.2BrH/c1(3-5-29-19-27-13-21-7-22(14-27)9-23(8-21)15-27)2-4-6-30-20-28-16-24-10-25(17-28)12-26(11-24)18-28;;/h21-26,29-30H,1-20H2;2*1H. The lowest BCUT2D eigenvalue weighted by molar-refractivity contribution is -0.0514. The van der Waals surface area contributed by atoms with Crippen molar-refractivity contribution in [1.82, 2.24) is 10.6 Å². The summed E-state index contributed by atoms with van der Waals surface area (Å²) in [6, 6.07) is 0. The van der Waals surface area contributed by atoms with Gasteiger partial charge < -0.3 is 10.6 Å². The summed E-state index contributed by atoms with van der Waals surface area (Å²) in [7, 11) is 0. The highest BCUT2D eigenvalue weighted by Crippen LogP contribution is 2.60. The number of unbranched alkanes of at least 4 members (excludes halogenated alkanes) is 3. The van der Waals surface area contributed by atoms with E-state index in [-0.39, 0.29) is 34.0 Å². The summed E-state index contributed by atoms with van der Waals surface area (Å²) < 4.78 is 0. The van der Waals surface area contributed by atoms with Crippen LogP contribution in [0.3, 0.4) is 0 Å². The predicted molar refractivity (Wildman–Crippen MR) is 146 cm³/mol. The van der Waals surface area contributed by atoms with Crippen LogP contribution in [0.2, 0.25) is 0 Å². The first-order chi connectivity index (χ1) is 14.7. The van der Waals surface area contributed by atoms with E-state index in [0.717, 1.165) is 46.3 Å². The lowest BCUT2D eigenvalue weighted by atomic mass is 9.49. The van der Waals surface area contributed by atoms with Crippen LogP contribution < -0.4 is 10.6 Å². The Labute approximate surface area is 219 Å². The molecule has 8 aliphatic rings. The van der Waals surface area contributed by atoms with Gasteiger partial charge >= 0.3 is 0 Å². The summed E-state index contributed by atoms with van der Waals surface area (Å²) >= 11 is 0. The zero-order chi connectivity index (χ0) is 20.0. The highest BCUT2D eigenvalue weighted by atomic mass is 79.9. The number of halogens is 2. The molecule has 0 atom stereocenters. The summed E-state index contributed by atoms with van der Waals surface area (Å²) in [5.74, 6) is 6.61. The minimum absolute atomic E-state index is 0. The van der Waals surface area contributed by atoms with E-state index in [1.165, 1.54) is 51.9 Å². The highest BCUT2D eigenvalue weighted by Gasteiger charge is 2.51. The van der Waals surface area contributed by atoms with Crippen LogP contribution in [-0.4, -0.2) is 26.2 Å². The Hall–Kier alpha value is 0.880. The van der Waals surface area contributed by atoms with Crippen LogP contribution in [0.5, 0.6) is 0 Å². The van der Waals surface area contributed by atoms with E-state index in [9.17, 15) is 0 Å². The lowest BCUT2D eigenvalue weighted by Gasteiger charge is -2.57. The third-order valence-corrected chi connectivity index (χ3v) is 10.8. The molecule has 0 spiro atoms. The van der Waals surface area contributed by atoms with E-state index in [0.29, 0.717) is 0 Å². The molecule has 0 aromatic rings. The van der Waals surface area contributed by atoms with E-state index in [1.54, 1.807) is 77.0 Å². The third kappa shape index (κ3) is 5.65. The summed E-state index contributed by atoms with van der Waals surface area (Å²) in [5.41, 5.74) is 1.44. The quantitative estimate of drug-likeness (QED) is 0.253. The van der Waals surface area contributed by atoms with Crippen molar-refractivity contribution in [1.29, 1.82) is 0 Å². The van der Waals surface area contributed by atoms with Gasteiger partial charge in [-0.1, -0.05) is 12.8 Å². The SMILES string of the molecule is Br.Br.C(CCCNCC12CC3CC(CC(C3)C1)C2)CCNCC12CC3CC(CC(C3)C1)C2. The number of nitrogens with one attached hydrogen (secondary N) is 2. The average Bonchev–Trinajstić information content (AvgIpc) is 2.67. The molecule has 32 heavy (non-hydrogen) atoms. The van der Waals surface area contributed by atoms with Crippen LogP contribution >= 0.6 is 34.0 Å². The van der Waals surface area contributed by atoms with Gasteiger partial charge in [0, 0.05) is 13.1 Å². The van der Waals surface area contributed by atoms with Crippen LogP contribution in [0.1, 0.15) is 103 Å². The Balaban J connectivity index is 0.00000122. The third-order valence-electron chi connectivity index (χ3n) is 10.8. The van der Waals surface area contributed by atoms with Gasteiger partial charge in [-0.2, -0.15) is 0 Å². The Morgan fingerprint density at radius 3 is 1.00 bits per heavy atom. The normalized spacial score (nSPS) is 45.0. The number of hydrogen-bond donors (Lipinski definition) is 2. The van der Waals surface area contributed by atoms with Crippen molar-refractivity contribution in [3.05, 3.63) is 0 Å². The largest absolute Gasteiger partial charge is 0.316 e. The summed E-state index contributed by atoms with van der Waals surface area (Å²) in [6.45, 7) is 5.21. The van der Waals surface area contributed by atoms with Crippen molar-refractivity contribution in [3.63, 3.8) is 0 Å². The topological polar surface area (TPSA) is 24.1 Å². The molecular formula is C28H50Br2N2. The Morgan fingerprint density at radius 2 is 0.719 bits per heavy atom. The number of hydrogen-bond acceptors (Lipinski definition) is 2. The molecule has 8 aliphatic carbocycles. The average molecular weight is 575 g/mol. The van der Waals surface area contributed by atoms with Gasteiger partial charge in [0.2, 0.25) is 0 Å². The molecule has 0 aliphatic heterocycles. The molecule has 0 heterocycles. The fourth-order valence-corrected chi connectivity index (χ4v) is 10.6. The smallest absolute Gasteiger partial charge is 0.000811 e. The Kier molecular flexibility index (Phi) is 8.82. The van der Waals surface area contributed by atoms with E-state index in [2.05, 4.69) is 10.6 Å². The molecule has 0 aromatic heterocycles. The first-order valence-corrected chi connectivity index (χ1v) is 14.1. The van der Waals surface area contributed by atoms with Gasteiger partial charge in [0.1, 0.15) is 0 Å². The molecule has 186 valence electrons. The molecule has 0 saturated heterocycles. The Bertz CT molecular complexity index is 484. The van der Waals surface area contributed by atoms with Crippen LogP contribution in [0.15, 0.2) is 0 Å². The summed E-state index contributed by atoms with van der Waals surface area (Å²) in [4.78, 5) is 0. The first kappa shape index (κ1) is 26.0. The molecule has 8 bridgehead atoms. The van der Waals surface area contributed by atoms with Gasteiger partial charge in [0.05, 0.1) is 0 Å². The molecule has 2 N–H and O–H groups in total. The molecule has 8 saturated carbocycles. The van der Waals surface area contributed by atoms with E-state index < -0.39 is 0 Å². The molecule has 2 nitrogen and oxygen atoms in total. The molecule has 8 fully saturated rings. The van der Waals surface area contributed by atoms with Crippen molar-refractivity contribution in [2.45, 2.75) is 103 Å². The fourth-order valence-electron chi connectivity index (χ4n) is 10.6. The molecular weight excluding hydrogens is 524 g/mol. The van der Waals surface area contributed by atoms with Gasteiger partial charge in [0.25, 0.3) is 0 Å². The molecule has 0 radical (unpaired) electrons.